The number of hydrogen-bond acceptors (Lipinski definition) is 1. The fourth-order valence-corrected chi connectivity index (χ4v) is 1.19. The highest BCUT2D eigenvalue weighted by Crippen LogP contribution is 2.24. The van der Waals surface area contributed by atoms with Crippen molar-refractivity contribution in [3.05, 3.63) is 35.1 Å². The highest BCUT2D eigenvalue weighted by atomic mass is 16.3. The summed E-state index contributed by atoms with van der Waals surface area (Å²) in [4.78, 5) is 0. The fraction of sp³-hybridized carbons (Fsp3) is 0.333. The van der Waals surface area contributed by atoms with Crippen LogP contribution in [0.25, 0.3) is 0 Å². The number of aliphatic hydroxyl groups excluding tert-OH is 1. The Morgan fingerprint density at radius 1 is 1.50 bits per heavy atom. The summed E-state index contributed by atoms with van der Waals surface area (Å²) in [7, 11) is 0. The van der Waals surface area contributed by atoms with Gasteiger partial charge < -0.3 is 5.11 Å². The smallest absolute Gasteiger partial charge is 0.117 e. The van der Waals surface area contributed by atoms with Crippen molar-refractivity contribution in [2.45, 2.75) is 20.3 Å². The first-order valence-corrected chi connectivity index (χ1v) is 3.36. The zero-order valence-corrected chi connectivity index (χ0v) is 6.44. The van der Waals surface area contributed by atoms with E-state index in [-0.39, 0.29) is 0 Å². The summed E-state index contributed by atoms with van der Waals surface area (Å²) in [5.74, 6) is 0.437. The summed E-state index contributed by atoms with van der Waals surface area (Å²) < 4.78 is 0. The van der Waals surface area contributed by atoms with Crippen molar-refractivity contribution in [1.82, 2.24) is 0 Å². The number of hydrogen-bond donors (Lipinski definition) is 1. The minimum atomic E-state index is 0.437. The van der Waals surface area contributed by atoms with E-state index in [0.717, 1.165) is 23.1 Å². The van der Waals surface area contributed by atoms with E-state index in [9.17, 15) is 5.11 Å². The molecule has 0 aromatic carbocycles. The standard InChI is InChI=1S/C9H12O/c1-6-4-7(2)9(10)8(3)5-6/h4,10H,1,5H2,2-3H3. The van der Waals surface area contributed by atoms with Gasteiger partial charge in [-0.1, -0.05) is 18.2 Å². The molecule has 0 aliphatic heterocycles. The molecule has 1 aliphatic rings. The molecule has 0 heterocycles. The van der Waals surface area contributed by atoms with E-state index in [1.54, 1.807) is 0 Å². The van der Waals surface area contributed by atoms with Crippen LogP contribution in [0.15, 0.2) is 35.1 Å². The zero-order valence-electron chi connectivity index (χ0n) is 6.44. The van der Waals surface area contributed by atoms with Crippen LogP contribution in [-0.4, -0.2) is 5.11 Å². The molecule has 0 saturated carbocycles. The average Bonchev–Trinajstić information content (AvgIpc) is 1.82. The first-order valence-electron chi connectivity index (χ1n) is 3.36. The Bertz CT molecular complexity index is 226. The minimum Gasteiger partial charge on any atom is -0.508 e. The minimum absolute atomic E-state index is 0.437. The van der Waals surface area contributed by atoms with Crippen LogP contribution in [0.3, 0.4) is 0 Å². The van der Waals surface area contributed by atoms with Crippen molar-refractivity contribution in [2.24, 2.45) is 0 Å². The lowest BCUT2D eigenvalue weighted by Gasteiger charge is -2.12. The Kier molecular flexibility index (Phi) is 1.66. The van der Waals surface area contributed by atoms with Crippen LogP contribution < -0.4 is 0 Å². The SMILES string of the molecule is C=C1C=C(C)C(O)=C(C)C1. The molecule has 1 rings (SSSR count). The molecule has 0 amide bonds. The van der Waals surface area contributed by atoms with Gasteiger partial charge in [-0.2, -0.15) is 0 Å². The van der Waals surface area contributed by atoms with Crippen LogP contribution in [0.5, 0.6) is 0 Å². The van der Waals surface area contributed by atoms with Crippen LogP contribution in [0.4, 0.5) is 0 Å². The Balaban J connectivity index is 3.01. The molecule has 0 aromatic heterocycles. The number of aliphatic hydroxyl groups is 1. The third-order valence-electron chi connectivity index (χ3n) is 1.69. The lowest BCUT2D eigenvalue weighted by molar-refractivity contribution is 0.413. The predicted molar refractivity (Wildman–Crippen MR) is 42.8 cm³/mol. The first kappa shape index (κ1) is 7.13. The van der Waals surface area contributed by atoms with Crippen molar-refractivity contribution < 1.29 is 5.11 Å². The second kappa shape index (κ2) is 2.33. The van der Waals surface area contributed by atoms with Crippen molar-refractivity contribution in [3.8, 4) is 0 Å². The molecule has 1 aliphatic carbocycles. The predicted octanol–water partition coefficient (Wildman–Crippen LogP) is 2.72. The fourth-order valence-electron chi connectivity index (χ4n) is 1.19. The summed E-state index contributed by atoms with van der Waals surface area (Å²) in [6.45, 7) is 7.65. The average molecular weight is 136 g/mol. The van der Waals surface area contributed by atoms with Gasteiger partial charge >= 0.3 is 0 Å². The molecule has 1 nitrogen and oxygen atoms in total. The molecular weight excluding hydrogens is 124 g/mol. The first-order chi connectivity index (χ1) is 4.61. The van der Waals surface area contributed by atoms with E-state index >= 15 is 0 Å². The monoisotopic (exact) mass is 136 g/mol. The van der Waals surface area contributed by atoms with E-state index in [0.29, 0.717) is 5.76 Å². The number of rotatable bonds is 0. The summed E-state index contributed by atoms with van der Waals surface area (Å²) in [5.41, 5.74) is 3.02. The third-order valence-corrected chi connectivity index (χ3v) is 1.69. The molecule has 0 saturated heterocycles. The van der Waals surface area contributed by atoms with Crippen molar-refractivity contribution >= 4 is 0 Å². The van der Waals surface area contributed by atoms with E-state index < -0.39 is 0 Å². The molecule has 1 N–H and O–H groups in total. The van der Waals surface area contributed by atoms with Gasteiger partial charge in [-0.15, -0.1) is 0 Å². The quantitative estimate of drug-likeness (QED) is 0.543. The number of allylic oxidation sites excluding steroid dienone is 4. The van der Waals surface area contributed by atoms with E-state index in [2.05, 4.69) is 6.58 Å². The van der Waals surface area contributed by atoms with Crippen molar-refractivity contribution in [3.63, 3.8) is 0 Å². The van der Waals surface area contributed by atoms with Crippen LogP contribution in [0.1, 0.15) is 20.3 Å². The van der Waals surface area contributed by atoms with Crippen molar-refractivity contribution in [2.75, 3.05) is 0 Å². The molecule has 0 atom stereocenters. The second-order valence-corrected chi connectivity index (χ2v) is 2.79. The van der Waals surface area contributed by atoms with Gasteiger partial charge in [0.05, 0.1) is 0 Å². The van der Waals surface area contributed by atoms with Gasteiger partial charge in [0.2, 0.25) is 0 Å². The molecule has 1 heteroatoms. The lowest BCUT2D eigenvalue weighted by atomic mass is 9.96. The Morgan fingerprint density at radius 2 is 2.10 bits per heavy atom. The molecular formula is C9H12O. The van der Waals surface area contributed by atoms with Gasteiger partial charge in [-0.3, -0.25) is 0 Å². The highest BCUT2D eigenvalue weighted by molar-refractivity contribution is 5.40. The maximum absolute atomic E-state index is 9.33. The van der Waals surface area contributed by atoms with E-state index in [1.807, 2.05) is 19.9 Å². The second-order valence-electron chi connectivity index (χ2n) is 2.79. The summed E-state index contributed by atoms with van der Waals surface area (Å²) >= 11 is 0. The van der Waals surface area contributed by atoms with Crippen LogP contribution >= 0.6 is 0 Å². The van der Waals surface area contributed by atoms with Gasteiger partial charge in [-0.25, -0.2) is 0 Å². The summed E-state index contributed by atoms with van der Waals surface area (Å²) in [6, 6.07) is 0. The van der Waals surface area contributed by atoms with E-state index in [4.69, 9.17) is 0 Å². The molecule has 0 spiro atoms. The van der Waals surface area contributed by atoms with Crippen LogP contribution in [0.2, 0.25) is 0 Å². The molecule has 0 bridgehead atoms. The maximum Gasteiger partial charge on any atom is 0.117 e. The molecule has 0 radical (unpaired) electrons. The van der Waals surface area contributed by atoms with E-state index in [1.165, 1.54) is 0 Å². The largest absolute Gasteiger partial charge is 0.508 e. The molecule has 54 valence electrons. The highest BCUT2D eigenvalue weighted by Gasteiger charge is 2.09. The van der Waals surface area contributed by atoms with Crippen LogP contribution in [0, 0.1) is 0 Å². The van der Waals surface area contributed by atoms with Gasteiger partial charge in [0, 0.05) is 0 Å². The van der Waals surface area contributed by atoms with Gasteiger partial charge in [0.25, 0.3) is 0 Å². The van der Waals surface area contributed by atoms with Gasteiger partial charge in [-0.05, 0) is 31.4 Å². The molecule has 10 heavy (non-hydrogen) atoms. The van der Waals surface area contributed by atoms with Gasteiger partial charge in [0.1, 0.15) is 5.76 Å². The Hall–Kier alpha value is -0.980. The van der Waals surface area contributed by atoms with Gasteiger partial charge in [0.15, 0.2) is 0 Å². The third kappa shape index (κ3) is 1.13. The Labute approximate surface area is 61.4 Å². The zero-order chi connectivity index (χ0) is 7.72. The lowest BCUT2D eigenvalue weighted by Crippen LogP contribution is -1.97. The summed E-state index contributed by atoms with van der Waals surface area (Å²) in [5, 5.41) is 9.33. The summed E-state index contributed by atoms with van der Waals surface area (Å²) in [6.07, 6.45) is 2.73. The van der Waals surface area contributed by atoms with Crippen LogP contribution in [-0.2, 0) is 0 Å². The normalized spacial score (nSPS) is 19.4. The molecule has 0 unspecified atom stereocenters. The maximum atomic E-state index is 9.33. The molecule has 0 fully saturated rings. The Morgan fingerprint density at radius 3 is 2.60 bits per heavy atom. The van der Waals surface area contributed by atoms with Crippen molar-refractivity contribution in [1.29, 1.82) is 0 Å². The topological polar surface area (TPSA) is 20.2 Å². The molecule has 0 aromatic rings.